The van der Waals surface area contributed by atoms with Crippen LogP contribution in [0, 0.1) is 0 Å². The molecule has 1 N–H and O–H groups in total. The second kappa shape index (κ2) is 36.5. The Labute approximate surface area is 852 Å². The highest BCUT2D eigenvalue weighted by molar-refractivity contribution is 9.11. The Bertz CT molecular complexity index is 9500. The molecule has 0 atom stereocenters. The summed E-state index contributed by atoms with van der Waals surface area (Å²) in [6, 6.07) is 180. The number of hydrogen-bond donors (Lipinski definition) is 1. The van der Waals surface area contributed by atoms with E-state index in [0.717, 1.165) is 58.9 Å². The average Bonchev–Trinajstić information content (AvgIpc) is 1.60. The number of rotatable bonds is 12. The van der Waals surface area contributed by atoms with Gasteiger partial charge in [0.1, 0.15) is 5.75 Å². The summed E-state index contributed by atoms with van der Waals surface area (Å²) in [6.07, 6.45) is 0. The number of halogens is 3. The van der Waals surface area contributed by atoms with Crippen LogP contribution < -0.4 is 19.4 Å². The van der Waals surface area contributed by atoms with Gasteiger partial charge < -0.3 is 24.4 Å². The molecule has 0 aromatic heterocycles. The topological polar surface area (TPSA) is 39.2 Å². The van der Waals surface area contributed by atoms with Crippen molar-refractivity contribution in [3.8, 4) is 39.1 Å². The standard InChI is InChI=1S/C38H24BrN.C38H23N.C20H11Br.C20H12.C18H14BBrNO2/c39-36-23-20-28(40(26-12-3-1-4-13-26)27-14-5-2-6-15-27)24-35(36)29-21-22-34-32-17-8-11-25-10-7-16-31(37(25)32)33-19-9-18-30(29)38(33)34;1-3-11-25(12-4-1)39(26-13-5-2-6-14-26)27-17-18-28-31-19-20-32-29-15-7-9-24-10-8-16-30(36(24)29)33-21-22-34(35(28)23-27)37(31)38(32)33;21-18-11-10-16-14-7-2-5-12-4-1-6-13(19(12)14)15-8-3-9-17(18)20(15)16;1-5-13-6-2-11-17-18-12-4-8-14-7-3-10-16(20(14)18)15(9-1)19(13)17;20-17-12-11-16(13-18(17)23-19-22)21(14-7-3-1-4-8-14)15-9-5-2-6-10-15/h1-24H;1-23H;1-11H;1-12H;1-13,22H. The zero-order valence-electron chi connectivity index (χ0n) is 77.3. The van der Waals surface area contributed by atoms with Crippen molar-refractivity contribution in [2.45, 2.75) is 0 Å². The summed E-state index contributed by atoms with van der Waals surface area (Å²) in [5, 5.41) is 51.8. The number of fused-ring (bicyclic) bond motifs is 11. The third-order valence-electron chi connectivity index (χ3n) is 28.8. The molecule has 5 nitrogen and oxygen atoms in total. The van der Waals surface area contributed by atoms with Gasteiger partial charge in [0.25, 0.3) is 0 Å². The first-order valence-corrected chi connectivity index (χ1v) is 50.7. The molecular formula is C134H84BBr3N3O2. The summed E-state index contributed by atoms with van der Waals surface area (Å²) >= 11 is 11.0. The summed E-state index contributed by atoms with van der Waals surface area (Å²) in [7, 11) is 0.680. The van der Waals surface area contributed by atoms with Crippen LogP contribution in [0.25, 0.3) is 206 Å². The van der Waals surface area contributed by atoms with Crippen LogP contribution in [-0.4, -0.2) is 12.7 Å². The third kappa shape index (κ3) is 14.9. The van der Waals surface area contributed by atoms with Crippen molar-refractivity contribution < 1.29 is 9.68 Å². The van der Waals surface area contributed by atoms with Crippen LogP contribution in [0.4, 0.5) is 51.2 Å². The normalized spacial score (nSPS) is 11.6. The molecule has 1 aliphatic carbocycles. The first-order valence-electron chi connectivity index (χ1n) is 48.3. The molecule has 0 unspecified atom stereocenters. The molecule has 29 aromatic rings. The van der Waals surface area contributed by atoms with Gasteiger partial charge in [0, 0.05) is 66.2 Å². The summed E-state index contributed by atoms with van der Waals surface area (Å²) < 4.78 is 8.17. The highest BCUT2D eigenvalue weighted by atomic mass is 79.9. The van der Waals surface area contributed by atoms with Gasteiger partial charge in [-0.1, -0.05) is 408 Å². The largest absolute Gasteiger partial charge is 0.569 e. The molecule has 30 rings (SSSR count). The van der Waals surface area contributed by atoms with E-state index in [9.17, 15) is 0 Å². The monoisotopic (exact) mass is 2010 g/mol. The van der Waals surface area contributed by atoms with E-state index in [1.807, 2.05) is 78.9 Å². The lowest BCUT2D eigenvalue weighted by Gasteiger charge is -2.26. The summed E-state index contributed by atoms with van der Waals surface area (Å²) in [4.78, 5) is 6.79. The van der Waals surface area contributed by atoms with Gasteiger partial charge in [-0.3, -0.25) is 0 Å². The molecule has 0 aliphatic heterocycles. The highest BCUT2D eigenvalue weighted by Gasteiger charge is 2.29. The molecule has 29 aromatic carbocycles. The van der Waals surface area contributed by atoms with E-state index in [-0.39, 0.29) is 0 Å². The van der Waals surface area contributed by atoms with Crippen LogP contribution in [0.2, 0.25) is 0 Å². The summed E-state index contributed by atoms with van der Waals surface area (Å²) in [6.45, 7) is 0. The average molecular weight is 2020 g/mol. The van der Waals surface area contributed by atoms with Crippen molar-refractivity contribution in [3.63, 3.8) is 0 Å². The minimum atomic E-state index is 0.543. The SMILES string of the molecule is Brc1ccc(N(c2ccccc2)c2ccccc2)cc1-c1ccc2c3cccc4cccc(c5cccc1c52)c43.Brc1ccc2c3cccc4cccc(c5cccc1c52)c43.O[B]Oc1cc(N(c2ccccc2)c2ccccc2)ccc1Br.c1cc2cccc3c4cccc5cccc(c(c1)c23)c54.c1ccc(N(c2ccccc2)c2ccc3c(c2)-c2ccc4c5cccc6cccc(c7ccc-3c2c74)c65)cc1. The van der Waals surface area contributed by atoms with Crippen molar-refractivity contribution in [2.75, 3.05) is 14.7 Å². The summed E-state index contributed by atoms with van der Waals surface area (Å²) in [5.41, 5.74) is 17.5. The molecule has 671 valence electrons. The molecule has 0 spiro atoms. The quantitative estimate of drug-likeness (QED) is 0.0750. The summed E-state index contributed by atoms with van der Waals surface area (Å²) in [5.74, 6) is 0.543. The van der Waals surface area contributed by atoms with Crippen LogP contribution >= 0.6 is 47.8 Å². The number of nitrogens with zero attached hydrogens (tertiary/aromatic N) is 3. The maximum Gasteiger partial charge on any atom is 0.569 e. The Balaban J connectivity index is 0.0000000944. The predicted molar refractivity (Wildman–Crippen MR) is 623 cm³/mol. The van der Waals surface area contributed by atoms with Crippen molar-refractivity contribution in [3.05, 3.63) is 517 Å². The minimum absolute atomic E-state index is 0.543. The number of para-hydroxylation sites is 6. The maximum atomic E-state index is 8.93. The van der Waals surface area contributed by atoms with Crippen molar-refractivity contribution in [1.29, 1.82) is 0 Å². The van der Waals surface area contributed by atoms with Crippen molar-refractivity contribution in [2.24, 2.45) is 0 Å². The lowest BCUT2D eigenvalue weighted by molar-refractivity contribution is 0.452. The fourth-order valence-electron chi connectivity index (χ4n) is 22.8. The van der Waals surface area contributed by atoms with Crippen LogP contribution in [-0.2, 0) is 0 Å². The molecule has 9 heteroatoms. The van der Waals surface area contributed by atoms with Crippen LogP contribution in [0.1, 0.15) is 0 Å². The van der Waals surface area contributed by atoms with E-state index in [0.29, 0.717) is 13.4 Å². The highest BCUT2D eigenvalue weighted by Crippen LogP contribution is 2.56. The fourth-order valence-corrected chi connectivity index (χ4v) is 24.1. The van der Waals surface area contributed by atoms with E-state index in [1.54, 1.807) is 0 Å². The Morgan fingerprint density at radius 1 is 0.154 bits per heavy atom. The number of anilines is 9. The zero-order valence-corrected chi connectivity index (χ0v) is 82.1. The van der Waals surface area contributed by atoms with E-state index in [1.165, 1.54) is 211 Å². The van der Waals surface area contributed by atoms with Crippen LogP contribution in [0.3, 0.4) is 0 Å². The third-order valence-corrected chi connectivity index (χ3v) is 30.9. The molecule has 143 heavy (non-hydrogen) atoms. The maximum absolute atomic E-state index is 8.93. The Morgan fingerprint density at radius 2 is 0.392 bits per heavy atom. The van der Waals surface area contributed by atoms with Crippen molar-refractivity contribution >= 4 is 279 Å². The van der Waals surface area contributed by atoms with Gasteiger partial charge in [0.15, 0.2) is 0 Å². The first-order chi connectivity index (χ1) is 70.7. The lowest BCUT2D eigenvalue weighted by atomic mass is 9.87. The van der Waals surface area contributed by atoms with Crippen molar-refractivity contribution in [1.82, 2.24) is 0 Å². The molecule has 1 aliphatic rings. The zero-order chi connectivity index (χ0) is 95.3. The smallest absolute Gasteiger partial charge is 0.537 e. The van der Waals surface area contributed by atoms with E-state index in [2.05, 4.69) is 487 Å². The molecule has 0 heterocycles. The van der Waals surface area contributed by atoms with Gasteiger partial charge in [0.05, 0.1) is 4.47 Å². The van der Waals surface area contributed by atoms with Gasteiger partial charge in [-0.25, -0.2) is 0 Å². The fraction of sp³-hybridized carbons (Fsp3) is 0. The second-order valence-electron chi connectivity index (χ2n) is 36.6. The first kappa shape index (κ1) is 86.6. The van der Waals surface area contributed by atoms with Gasteiger partial charge in [0.2, 0.25) is 0 Å². The molecule has 0 saturated heterocycles. The minimum Gasteiger partial charge on any atom is -0.537 e. The predicted octanol–water partition coefficient (Wildman–Crippen LogP) is 39.6. The van der Waals surface area contributed by atoms with E-state index in [4.69, 9.17) is 9.68 Å². The molecule has 1 radical (unpaired) electrons. The lowest BCUT2D eigenvalue weighted by Crippen LogP contribution is -2.10. The molecular weight excluding hydrogens is 1930 g/mol. The van der Waals surface area contributed by atoms with E-state index < -0.39 is 0 Å². The Hall–Kier alpha value is -16.8. The molecule has 0 fully saturated rings. The number of benzene rings is 29. The van der Waals surface area contributed by atoms with E-state index >= 15 is 0 Å². The van der Waals surface area contributed by atoms with Gasteiger partial charge in [-0.15, -0.1) is 0 Å². The van der Waals surface area contributed by atoms with Gasteiger partial charge in [-0.05, 0) is 343 Å². The molecule has 0 amide bonds. The van der Waals surface area contributed by atoms with Crippen LogP contribution in [0.15, 0.2) is 517 Å². The second-order valence-corrected chi connectivity index (χ2v) is 39.1. The number of hydrogen-bond acceptors (Lipinski definition) is 5. The van der Waals surface area contributed by atoms with Gasteiger partial charge >= 0.3 is 7.69 Å². The molecule has 0 saturated carbocycles. The Morgan fingerprint density at radius 3 is 0.734 bits per heavy atom. The van der Waals surface area contributed by atoms with Crippen LogP contribution in [0.5, 0.6) is 5.75 Å². The van der Waals surface area contributed by atoms with Gasteiger partial charge in [-0.2, -0.15) is 0 Å². The molecule has 0 bridgehead atoms. The Kier molecular flexibility index (Phi) is 22.1.